The van der Waals surface area contributed by atoms with Gasteiger partial charge in [0.25, 0.3) is 0 Å². The van der Waals surface area contributed by atoms with E-state index in [-0.39, 0.29) is 5.69 Å². The van der Waals surface area contributed by atoms with Crippen molar-refractivity contribution in [2.24, 2.45) is 0 Å². The lowest BCUT2D eigenvalue weighted by Crippen LogP contribution is -2.11. The maximum Gasteiger partial charge on any atom is 0.345 e. The molecule has 3 nitrogen and oxygen atoms in total. The average Bonchev–Trinajstić information content (AvgIpc) is 2.62. The van der Waals surface area contributed by atoms with Gasteiger partial charge in [-0.3, -0.25) is 0 Å². The Morgan fingerprint density at radius 3 is 2.04 bits per heavy atom. The summed E-state index contributed by atoms with van der Waals surface area (Å²) in [5.74, 6) is 0. The fourth-order valence-electron chi connectivity index (χ4n) is 2.77. The molecular weight excluding hydrogens is 284 g/mol. The molecule has 0 saturated carbocycles. The molecule has 0 spiro atoms. The number of hydrogen-bond donors (Lipinski definition) is 1. The predicted molar refractivity (Wildman–Crippen MR) is 93.2 cm³/mol. The van der Waals surface area contributed by atoms with Crippen LogP contribution in [0.15, 0.2) is 83.7 Å². The number of para-hydroxylation sites is 1. The third-order valence-electron chi connectivity index (χ3n) is 3.90. The summed E-state index contributed by atoms with van der Waals surface area (Å²) in [5.41, 5.74) is 4.43. The van der Waals surface area contributed by atoms with Gasteiger partial charge in [0.05, 0.1) is 11.2 Å². The van der Waals surface area contributed by atoms with E-state index in [0.717, 1.165) is 22.0 Å². The third-order valence-corrected chi connectivity index (χ3v) is 3.90. The lowest BCUT2D eigenvalue weighted by molar-refractivity contribution is 1.12. The number of fused-ring (bicyclic) bond motifs is 1. The Kier molecular flexibility index (Phi) is 3.24. The van der Waals surface area contributed by atoms with Crippen LogP contribution in [0, 0.1) is 0 Å². The zero-order valence-electron chi connectivity index (χ0n) is 12.4. The van der Waals surface area contributed by atoms with E-state index < -0.39 is 0 Å². The van der Waals surface area contributed by atoms with Crippen molar-refractivity contribution in [3.8, 4) is 22.4 Å². The van der Waals surface area contributed by atoms with Gasteiger partial charge in [-0.1, -0.05) is 72.8 Å². The maximum absolute atomic E-state index is 11.8. The van der Waals surface area contributed by atoms with Crippen LogP contribution in [0.2, 0.25) is 0 Å². The molecule has 4 rings (SSSR count). The van der Waals surface area contributed by atoms with Crippen molar-refractivity contribution in [1.29, 1.82) is 0 Å². The molecule has 0 saturated heterocycles. The van der Waals surface area contributed by atoms with Gasteiger partial charge in [0, 0.05) is 10.9 Å². The van der Waals surface area contributed by atoms with Crippen LogP contribution in [0.4, 0.5) is 0 Å². The van der Waals surface area contributed by atoms with Gasteiger partial charge in [0.1, 0.15) is 0 Å². The monoisotopic (exact) mass is 298 g/mol. The van der Waals surface area contributed by atoms with Gasteiger partial charge < -0.3 is 4.98 Å². The van der Waals surface area contributed by atoms with Crippen LogP contribution in [0.1, 0.15) is 0 Å². The molecule has 110 valence electrons. The summed E-state index contributed by atoms with van der Waals surface area (Å²) in [5, 5.41) is 0.944. The highest BCUT2D eigenvalue weighted by Gasteiger charge is 2.07. The Labute approximate surface area is 133 Å². The minimum Gasteiger partial charge on any atom is -0.305 e. The van der Waals surface area contributed by atoms with Gasteiger partial charge in [-0.2, -0.15) is 4.98 Å². The molecule has 0 bridgehead atoms. The second-order valence-corrected chi connectivity index (χ2v) is 5.38. The van der Waals surface area contributed by atoms with Crippen LogP contribution in [0.3, 0.4) is 0 Å². The van der Waals surface area contributed by atoms with Crippen LogP contribution in [-0.4, -0.2) is 9.97 Å². The van der Waals surface area contributed by atoms with Gasteiger partial charge in [0.2, 0.25) is 0 Å². The summed E-state index contributed by atoms with van der Waals surface area (Å²) in [4.78, 5) is 18.7. The van der Waals surface area contributed by atoms with Gasteiger partial charge in [0.15, 0.2) is 0 Å². The first-order valence-electron chi connectivity index (χ1n) is 7.46. The van der Waals surface area contributed by atoms with Crippen LogP contribution in [0.25, 0.3) is 33.3 Å². The molecule has 0 aliphatic heterocycles. The number of hydrogen-bond acceptors (Lipinski definition) is 2. The van der Waals surface area contributed by atoms with E-state index in [1.807, 2.05) is 54.6 Å². The van der Waals surface area contributed by atoms with E-state index in [4.69, 9.17) is 0 Å². The highest BCUT2D eigenvalue weighted by Crippen LogP contribution is 2.27. The number of rotatable bonds is 2. The molecule has 0 atom stereocenters. The molecule has 0 fully saturated rings. The Hall–Kier alpha value is -3.20. The van der Waals surface area contributed by atoms with Crippen LogP contribution < -0.4 is 5.69 Å². The summed E-state index contributed by atoms with van der Waals surface area (Å²) >= 11 is 0. The van der Waals surface area contributed by atoms with Crippen molar-refractivity contribution >= 4 is 10.9 Å². The molecular formula is C20H14N2O. The van der Waals surface area contributed by atoms with E-state index in [9.17, 15) is 4.79 Å². The molecule has 0 unspecified atom stereocenters. The topological polar surface area (TPSA) is 45.8 Å². The molecule has 4 aromatic rings. The number of benzene rings is 3. The largest absolute Gasteiger partial charge is 0.345 e. The predicted octanol–water partition coefficient (Wildman–Crippen LogP) is 4.26. The van der Waals surface area contributed by atoms with E-state index in [0.29, 0.717) is 5.69 Å². The fraction of sp³-hybridized carbons (Fsp3) is 0. The average molecular weight is 298 g/mol. The molecule has 3 heteroatoms. The summed E-state index contributed by atoms with van der Waals surface area (Å²) in [7, 11) is 0. The van der Waals surface area contributed by atoms with E-state index >= 15 is 0 Å². The lowest BCUT2D eigenvalue weighted by Gasteiger charge is -2.07. The summed E-state index contributed by atoms with van der Waals surface area (Å²) in [6, 6.07) is 26.1. The first-order valence-corrected chi connectivity index (χ1v) is 7.46. The first kappa shape index (κ1) is 13.5. The van der Waals surface area contributed by atoms with Gasteiger partial charge in [-0.15, -0.1) is 0 Å². The van der Waals surface area contributed by atoms with Crippen molar-refractivity contribution in [2.75, 3.05) is 0 Å². The van der Waals surface area contributed by atoms with Crippen LogP contribution in [0.5, 0.6) is 0 Å². The van der Waals surface area contributed by atoms with Crippen LogP contribution in [-0.2, 0) is 0 Å². The number of H-pyrrole nitrogens is 1. The van der Waals surface area contributed by atoms with E-state index in [1.54, 1.807) is 0 Å². The molecule has 1 N–H and O–H groups in total. The van der Waals surface area contributed by atoms with Crippen molar-refractivity contribution < 1.29 is 0 Å². The zero-order valence-corrected chi connectivity index (χ0v) is 12.4. The summed E-state index contributed by atoms with van der Waals surface area (Å²) in [6.07, 6.45) is 0. The SMILES string of the molecule is O=c1nc(-c2ccc(-c3ccccc3)cc2)c2ccccc2[nH]1. The number of nitrogens with one attached hydrogen (secondary N) is 1. The molecule has 0 aliphatic rings. The van der Waals surface area contributed by atoms with E-state index in [1.165, 1.54) is 5.56 Å². The Morgan fingerprint density at radius 2 is 1.26 bits per heavy atom. The first-order chi connectivity index (χ1) is 11.3. The number of aromatic nitrogens is 2. The number of aromatic amines is 1. The minimum atomic E-state index is -0.328. The van der Waals surface area contributed by atoms with E-state index in [2.05, 4.69) is 34.2 Å². The highest BCUT2D eigenvalue weighted by molar-refractivity contribution is 5.92. The van der Waals surface area contributed by atoms with Gasteiger partial charge in [-0.05, 0) is 17.2 Å². The second kappa shape index (κ2) is 5.54. The van der Waals surface area contributed by atoms with Crippen molar-refractivity contribution in [2.45, 2.75) is 0 Å². The fourth-order valence-corrected chi connectivity index (χ4v) is 2.77. The van der Waals surface area contributed by atoms with Crippen molar-refractivity contribution in [1.82, 2.24) is 9.97 Å². The smallest absolute Gasteiger partial charge is 0.305 e. The van der Waals surface area contributed by atoms with Crippen LogP contribution >= 0.6 is 0 Å². The summed E-state index contributed by atoms with van der Waals surface area (Å²) < 4.78 is 0. The molecule has 3 aromatic carbocycles. The van der Waals surface area contributed by atoms with Gasteiger partial charge in [-0.25, -0.2) is 4.79 Å². The van der Waals surface area contributed by atoms with Crippen molar-refractivity contribution in [3.05, 3.63) is 89.3 Å². The van der Waals surface area contributed by atoms with Gasteiger partial charge >= 0.3 is 5.69 Å². The second-order valence-electron chi connectivity index (χ2n) is 5.38. The Bertz CT molecular complexity index is 1020. The molecule has 1 aromatic heterocycles. The van der Waals surface area contributed by atoms with Crippen molar-refractivity contribution in [3.63, 3.8) is 0 Å². The molecule has 0 radical (unpaired) electrons. The lowest BCUT2D eigenvalue weighted by atomic mass is 10.0. The molecule has 0 amide bonds. The zero-order chi connectivity index (χ0) is 15.6. The highest BCUT2D eigenvalue weighted by atomic mass is 16.1. The standard InChI is InChI=1S/C20H14N2O/c23-20-21-18-9-5-4-8-17(18)19(22-20)16-12-10-15(11-13-16)14-6-2-1-3-7-14/h1-13H,(H,21,22,23). The Balaban J connectivity index is 1.84. The maximum atomic E-state index is 11.8. The normalized spacial score (nSPS) is 10.8. The third kappa shape index (κ3) is 2.53. The molecule has 1 heterocycles. The minimum absolute atomic E-state index is 0.328. The quantitative estimate of drug-likeness (QED) is 0.601. The molecule has 23 heavy (non-hydrogen) atoms. The Morgan fingerprint density at radius 1 is 0.652 bits per heavy atom. The number of nitrogens with zero attached hydrogens (tertiary/aromatic N) is 1. The summed E-state index contributed by atoms with van der Waals surface area (Å²) in [6.45, 7) is 0. The molecule has 0 aliphatic carbocycles.